The zero-order chi connectivity index (χ0) is 16.0. The van der Waals surface area contributed by atoms with E-state index in [4.69, 9.17) is 5.73 Å². The molecule has 0 aromatic heterocycles. The molecule has 0 bridgehead atoms. The molecule has 0 radical (unpaired) electrons. The summed E-state index contributed by atoms with van der Waals surface area (Å²) >= 11 is 1.75. The van der Waals surface area contributed by atoms with Gasteiger partial charge in [0.25, 0.3) is 5.69 Å². The van der Waals surface area contributed by atoms with Gasteiger partial charge in [0.2, 0.25) is 5.91 Å². The van der Waals surface area contributed by atoms with Crippen molar-refractivity contribution in [3.05, 3.63) is 33.9 Å². The van der Waals surface area contributed by atoms with Gasteiger partial charge in [0.05, 0.1) is 4.92 Å². The number of anilines is 1. The van der Waals surface area contributed by atoms with Crippen molar-refractivity contribution in [3.8, 4) is 0 Å². The van der Waals surface area contributed by atoms with Crippen LogP contribution in [0.4, 0.5) is 11.4 Å². The molecule has 0 saturated heterocycles. The van der Waals surface area contributed by atoms with Gasteiger partial charge in [-0.3, -0.25) is 14.9 Å². The van der Waals surface area contributed by atoms with Gasteiger partial charge in [0, 0.05) is 22.9 Å². The molecule has 0 unspecified atom stereocenters. The number of nitrogens with zero attached hydrogens (tertiary/aromatic N) is 1. The molecule has 0 spiro atoms. The first-order valence-corrected chi connectivity index (χ1v) is 7.99. The van der Waals surface area contributed by atoms with Crippen molar-refractivity contribution in [2.75, 3.05) is 18.1 Å². The van der Waals surface area contributed by atoms with Crippen LogP contribution in [-0.4, -0.2) is 28.4 Å². The van der Waals surface area contributed by atoms with Crippen LogP contribution in [0.5, 0.6) is 0 Å². The largest absolute Gasteiger partial charge is 0.378 e. The van der Waals surface area contributed by atoms with Gasteiger partial charge in [0.15, 0.2) is 0 Å². The zero-order valence-electron chi connectivity index (χ0n) is 12.5. The molecule has 7 heteroatoms. The molecule has 21 heavy (non-hydrogen) atoms. The first-order valence-electron chi connectivity index (χ1n) is 6.76. The maximum Gasteiger partial charge on any atom is 0.293 e. The summed E-state index contributed by atoms with van der Waals surface area (Å²) in [6, 6.07) is 4.24. The Kier molecular flexibility index (Phi) is 6.02. The number of amides is 1. The molecule has 0 atom stereocenters. The normalized spacial score (nSPS) is 11.2. The monoisotopic (exact) mass is 311 g/mol. The molecule has 1 amide bonds. The Labute approximate surface area is 128 Å². The van der Waals surface area contributed by atoms with Crippen LogP contribution in [0.1, 0.15) is 37.0 Å². The third-order valence-corrected chi connectivity index (χ3v) is 5.39. The topological polar surface area (TPSA) is 98.3 Å². The van der Waals surface area contributed by atoms with Gasteiger partial charge in [-0.15, -0.1) is 0 Å². The molecule has 1 aromatic carbocycles. The van der Waals surface area contributed by atoms with Crippen molar-refractivity contribution in [1.82, 2.24) is 0 Å². The number of hydrogen-bond donors (Lipinski definition) is 2. The Morgan fingerprint density at radius 1 is 1.43 bits per heavy atom. The number of rotatable bonds is 8. The van der Waals surface area contributed by atoms with Crippen molar-refractivity contribution < 1.29 is 9.72 Å². The molecule has 1 aromatic rings. The van der Waals surface area contributed by atoms with Crippen LogP contribution in [-0.2, 0) is 0 Å². The minimum atomic E-state index is -0.676. The van der Waals surface area contributed by atoms with Crippen LogP contribution in [0.2, 0.25) is 0 Å². The van der Waals surface area contributed by atoms with Gasteiger partial charge >= 0.3 is 0 Å². The average Bonchev–Trinajstić information content (AvgIpc) is 2.49. The summed E-state index contributed by atoms with van der Waals surface area (Å²) in [7, 11) is 0. The van der Waals surface area contributed by atoms with Crippen molar-refractivity contribution in [1.29, 1.82) is 0 Å². The van der Waals surface area contributed by atoms with Gasteiger partial charge in [0.1, 0.15) is 5.69 Å². The number of carbonyl (C=O) groups is 1. The van der Waals surface area contributed by atoms with E-state index in [1.54, 1.807) is 11.8 Å². The van der Waals surface area contributed by atoms with Gasteiger partial charge in [-0.2, -0.15) is 11.8 Å². The third-order valence-electron chi connectivity index (χ3n) is 3.80. The van der Waals surface area contributed by atoms with E-state index < -0.39 is 10.8 Å². The Hall–Kier alpha value is -1.76. The number of thioether (sulfide) groups is 1. The summed E-state index contributed by atoms with van der Waals surface area (Å²) in [4.78, 5) is 21.8. The first-order chi connectivity index (χ1) is 9.89. The summed E-state index contributed by atoms with van der Waals surface area (Å²) in [5.74, 6) is -0.676. The number of primary amides is 1. The lowest BCUT2D eigenvalue weighted by molar-refractivity contribution is -0.384. The van der Waals surface area contributed by atoms with Crippen molar-refractivity contribution in [2.24, 2.45) is 5.73 Å². The molecule has 116 valence electrons. The van der Waals surface area contributed by atoms with Gasteiger partial charge < -0.3 is 11.1 Å². The average molecular weight is 311 g/mol. The van der Waals surface area contributed by atoms with Crippen molar-refractivity contribution in [3.63, 3.8) is 0 Å². The zero-order valence-corrected chi connectivity index (χ0v) is 13.3. The SMILES string of the molecule is CCC(CC)(CNc1ccc(C(N)=O)cc1[N+](=O)[O-])SC. The number of nitro groups is 1. The van der Waals surface area contributed by atoms with E-state index in [1.807, 2.05) is 6.26 Å². The molecule has 0 aliphatic rings. The minimum absolute atomic E-state index is 0.0379. The van der Waals surface area contributed by atoms with Crippen molar-refractivity contribution >= 4 is 29.0 Å². The van der Waals surface area contributed by atoms with E-state index in [0.717, 1.165) is 12.8 Å². The lowest BCUT2D eigenvalue weighted by Crippen LogP contribution is -2.32. The highest BCUT2D eigenvalue weighted by Crippen LogP contribution is 2.32. The predicted octanol–water partition coefficient (Wildman–Crippen LogP) is 3.03. The van der Waals surface area contributed by atoms with Crippen LogP contribution < -0.4 is 11.1 Å². The predicted molar refractivity (Wildman–Crippen MR) is 86.9 cm³/mol. The second-order valence-electron chi connectivity index (χ2n) is 4.80. The molecule has 0 heterocycles. The molecule has 0 aliphatic heterocycles. The van der Waals surface area contributed by atoms with Gasteiger partial charge in [-0.05, 0) is 31.2 Å². The van der Waals surface area contributed by atoms with Crippen LogP contribution in [0.15, 0.2) is 18.2 Å². The molecule has 0 aliphatic carbocycles. The molecule has 0 saturated carbocycles. The standard InChI is InChI=1S/C14H21N3O3S/c1-4-14(5-2,21-3)9-16-11-7-6-10(13(15)18)8-12(11)17(19)20/h6-8,16H,4-5,9H2,1-3H3,(H2,15,18). The smallest absolute Gasteiger partial charge is 0.293 e. The molecule has 0 fully saturated rings. The fourth-order valence-corrected chi connectivity index (χ4v) is 2.90. The number of nitrogens with one attached hydrogen (secondary N) is 1. The molecule has 6 nitrogen and oxygen atoms in total. The number of carbonyl (C=O) groups excluding carboxylic acids is 1. The first kappa shape index (κ1) is 17.3. The maximum absolute atomic E-state index is 11.1. The van der Waals surface area contributed by atoms with Gasteiger partial charge in [-0.25, -0.2) is 0 Å². The van der Waals surface area contributed by atoms with Crippen LogP contribution >= 0.6 is 11.8 Å². The second-order valence-corrected chi connectivity index (χ2v) is 6.08. The second kappa shape index (κ2) is 7.31. The molecule has 3 N–H and O–H groups in total. The Morgan fingerprint density at radius 3 is 2.48 bits per heavy atom. The molecular formula is C14H21N3O3S. The van der Waals surface area contributed by atoms with Crippen LogP contribution in [0, 0.1) is 10.1 Å². The highest BCUT2D eigenvalue weighted by Gasteiger charge is 2.26. The maximum atomic E-state index is 11.1. The summed E-state index contributed by atoms with van der Waals surface area (Å²) in [5, 5.41) is 14.3. The number of hydrogen-bond acceptors (Lipinski definition) is 5. The van der Waals surface area contributed by atoms with E-state index in [1.165, 1.54) is 18.2 Å². The lowest BCUT2D eigenvalue weighted by atomic mass is 10.0. The van der Waals surface area contributed by atoms with Crippen LogP contribution in [0.25, 0.3) is 0 Å². The summed E-state index contributed by atoms with van der Waals surface area (Å²) < 4.78 is 0.0379. The van der Waals surface area contributed by atoms with Crippen molar-refractivity contribution in [2.45, 2.75) is 31.4 Å². The quantitative estimate of drug-likeness (QED) is 0.568. The van der Waals surface area contributed by atoms with E-state index >= 15 is 0 Å². The van der Waals surface area contributed by atoms with E-state index in [-0.39, 0.29) is 16.0 Å². The minimum Gasteiger partial charge on any atom is -0.378 e. The number of nitro benzene ring substituents is 1. The Bertz CT molecular complexity index is 522. The third kappa shape index (κ3) is 4.10. The van der Waals surface area contributed by atoms with E-state index in [9.17, 15) is 14.9 Å². The molecular weight excluding hydrogens is 290 g/mol. The summed E-state index contributed by atoms with van der Waals surface area (Å²) in [5.41, 5.74) is 5.57. The fourth-order valence-electron chi connectivity index (χ4n) is 2.10. The number of nitrogens with two attached hydrogens (primary N) is 1. The summed E-state index contributed by atoms with van der Waals surface area (Å²) in [6.07, 6.45) is 3.97. The van der Waals surface area contributed by atoms with Crippen LogP contribution in [0.3, 0.4) is 0 Å². The van der Waals surface area contributed by atoms with E-state index in [0.29, 0.717) is 12.2 Å². The summed E-state index contributed by atoms with van der Waals surface area (Å²) in [6.45, 7) is 4.83. The molecule has 1 rings (SSSR count). The highest BCUT2D eigenvalue weighted by atomic mass is 32.2. The number of benzene rings is 1. The Morgan fingerprint density at radius 2 is 2.05 bits per heavy atom. The van der Waals surface area contributed by atoms with Gasteiger partial charge in [-0.1, -0.05) is 13.8 Å². The Balaban J connectivity index is 3.03. The lowest BCUT2D eigenvalue weighted by Gasteiger charge is -2.30. The highest BCUT2D eigenvalue weighted by molar-refractivity contribution is 8.00. The van der Waals surface area contributed by atoms with E-state index in [2.05, 4.69) is 19.2 Å². The fraction of sp³-hybridized carbons (Fsp3) is 0.500.